The fourth-order valence-electron chi connectivity index (χ4n) is 5.23. The highest BCUT2D eigenvalue weighted by Crippen LogP contribution is 2.42. The molecule has 2 heterocycles. The van der Waals surface area contributed by atoms with E-state index in [1.807, 2.05) is 20.8 Å². The third-order valence-electron chi connectivity index (χ3n) is 7.33. The predicted molar refractivity (Wildman–Crippen MR) is 164 cm³/mol. The minimum atomic E-state index is -5.08. The predicted octanol–water partition coefficient (Wildman–Crippen LogP) is 5.64. The Morgan fingerprint density at radius 2 is 1.53 bits per heavy atom. The second-order valence-corrected chi connectivity index (χ2v) is 11.8. The summed E-state index contributed by atoms with van der Waals surface area (Å²) in [5.41, 5.74) is 2.10. The Balaban J connectivity index is 0.000000771. The van der Waals surface area contributed by atoms with Gasteiger partial charge in [0.25, 0.3) is 0 Å². The van der Waals surface area contributed by atoms with Gasteiger partial charge in [-0.3, -0.25) is 10.2 Å². The number of fused-ring (bicyclic) bond motifs is 1. The number of nitrogens with zero attached hydrogens (tertiary/aromatic N) is 2. The van der Waals surface area contributed by atoms with E-state index >= 15 is 4.39 Å². The fraction of sp³-hybridized carbons (Fsp3) is 0.500. The summed E-state index contributed by atoms with van der Waals surface area (Å²) >= 11 is 0. The fourth-order valence-corrected chi connectivity index (χ4v) is 5.23. The molecule has 0 amide bonds. The van der Waals surface area contributed by atoms with Gasteiger partial charge in [-0.25, -0.2) is 14.0 Å². The van der Waals surface area contributed by atoms with E-state index in [2.05, 4.69) is 4.90 Å². The molecule has 47 heavy (non-hydrogen) atoms. The molecule has 0 atom stereocenters. The van der Waals surface area contributed by atoms with Crippen molar-refractivity contribution in [2.45, 2.75) is 65.6 Å². The Morgan fingerprint density at radius 3 is 2.04 bits per heavy atom. The number of carboxylic acid groups (broad SMARTS) is 2. The van der Waals surface area contributed by atoms with Crippen LogP contribution in [0.2, 0.25) is 0 Å². The summed E-state index contributed by atoms with van der Waals surface area (Å²) in [6.07, 6.45) is -3.10. The lowest BCUT2D eigenvalue weighted by atomic mass is 9.84. The molecule has 0 saturated carbocycles. The van der Waals surface area contributed by atoms with Crippen LogP contribution in [-0.4, -0.2) is 84.3 Å². The van der Waals surface area contributed by atoms with Crippen LogP contribution in [-0.2, 0) is 21.5 Å². The van der Waals surface area contributed by atoms with E-state index in [-0.39, 0.29) is 48.4 Å². The zero-order valence-corrected chi connectivity index (χ0v) is 26.8. The lowest BCUT2D eigenvalue weighted by Crippen LogP contribution is -2.31. The molecule has 3 N–H and O–H groups in total. The van der Waals surface area contributed by atoms with Crippen LogP contribution in [0.15, 0.2) is 18.2 Å². The number of carbonyl (C=O) groups is 3. The van der Waals surface area contributed by atoms with E-state index in [4.69, 9.17) is 29.5 Å². The number of carboxylic acids is 2. The normalized spacial score (nSPS) is 14.4. The zero-order valence-electron chi connectivity index (χ0n) is 26.8. The van der Waals surface area contributed by atoms with Crippen LogP contribution in [0.3, 0.4) is 0 Å². The molecule has 0 bridgehead atoms. The van der Waals surface area contributed by atoms with Gasteiger partial charge in [-0.05, 0) is 55.9 Å². The largest absolute Gasteiger partial charge is 0.490 e. The maximum Gasteiger partial charge on any atom is 0.490 e. The van der Waals surface area contributed by atoms with E-state index in [0.717, 1.165) is 31.5 Å². The van der Waals surface area contributed by atoms with Crippen molar-refractivity contribution in [2.75, 3.05) is 44.4 Å². The van der Waals surface area contributed by atoms with Crippen molar-refractivity contribution in [2.24, 2.45) is 0 Å². The Bertz CT molecular complexity index is 1520. The van der Waals surface area contributed by atoms with E-state index < -0.39 is 36.0 Å². The average molecular weight is 670 g/mol. The van der Waals surface area contributed by atoms with Gasteiger partial charge in [0.1, 0.15) is 11.6 Å². The molecule has 258 valence electrons. The van der Waals surface area contributed by atoms with Crippen LogP contribution >= 0.6 is 0 Å². The van der Waals surface area contributed by atoms with Crippen LogP contribution in [0.5, 0.6) is 17.2 Å². The van der Waals surface area contributed by atoms with Gasteiger partial charge >= 0.3 is 18.1 Å². The number of anilines is 1. The molecule has 11 nitrogen and oxygen atoms in total. The second kappa shape index (κ2) is 14.9. The van der Waals surface area contributed by atoms with Crippen molar-refractivity contribution in [3.8, 4) is 17.2 Å². The van der Waals surface area contributed by atoms with Crippen molar-refractivity contribution >= 4 is 29.2 Å². The summed E-state index contributed by atoms with van der Waals surface area (Å²) in [4.78, 5) is 37.6. The van der Waals surface area contributed by atoms with Gasteiger partial charge in [0.15, 0.2) is 29.7 Å². The molecule has 2 aromatic rings. The SMILES string of the molecule is CCOc1cc2c(c(F)c1OCC)C(=N)N(CC(=O)c1cc(N3CCCC3)c(OCC(=O)O)c(C(C)(C)C)c1)C2.O=C(O)C(F)(F)F. The molecule has 2 aliphatic heterocycles. The maximum atomic E-state index is 15.5. The summed E-state index contributed by atoms with van der Waals surface area (Å²) in [5, 5.41) is 25.1. The van der Waals surface area contributed by atoms with Gasteiger partial charge in [0, 0.05) is 30.8 Å². The summed E-state index contributed by atoms with van der Waals surface area (Å²) in [6.45, 7) is 11.2. The lowest BCUT2D eigenvalue weighted by molar-refractivity contribution is -0.192. The van der Waals surface area contributed by atoms with Crippen molar-refractivity contribution in [1.29, 1.82) is 5.41 Å². The number of ketones is 1. The van der Waals surface area contributed by atoms with Gasteiger partial charge in [0.2, 0.25) is 0 Å². The van der Waals surface area contributed by atoms with Gasteiger partial charge in [-0.15, -0.1) is 0 Å². The Morgan fingerprint density at radius 1 is 0.936 bits per heavy atom. The number of Topliss-reactive ketones (excluding diaryl/α,β-unsaturated/α-hetero) is 1. The summed E-state index contributed by atoms with van der Waals surface area (Å²) in [5.74, 6) is -4.07. The van der Waals surface area contributed by atoms with Gasteiger partial charge in [0.05, 0.1) is 31.0 Å². The minimum absolute atomic E-state index is 0.0250. The summed E-state index contributed by atoms with van der Waals surface area (Å²) in [7, 11) is 0. The first-order valence-electron chi connectivity index (χ1n) is 15.0. The molecule has 0 aliphatic carbocycles. The number of rotatable bonds is 11. The van der Waals surface area contributed by atoms with E-state index in [1.54, 1.807) is 36.9 Å². The molecule has 2 aromatic carbocycles. The Kier molecular flexibility index (Phi) is 11.7. The van der Waals surface area contributed by atoms with Crippen LogP contribution in [0.4, 0.5) is 23.2 Å². The number of hydrogen-bond acceptors (Lipinski definition) is 8. The number of ether oxygens (including phenoxy) is 3. The summed E-state index contributed by atoms with van der Waals surface area (Å²) < 4.78 is 64.1. The van der Waals surface area contributed by atoms with Gasteiger partial charge in [-0.2, -0.15) is 13.2 Å². The van der Waals surface area contributed by atoms with Crippen LogP contribution in [0, 0.1) is 11.2 Å². The smallest absolute Gasteiger partial charge is 0.490 e. The average Bonchev–Trinajstić information content (AvgIpc) is 3.61. The van der Waals surface area contributed by atoms with E-state index in [9.17, 15) is 27.9 Å². The number of amidine groups is 1. The molecule has 0 aromatic heterocycles. The molecular weight excluding hydrogens is 630 g/mol. The number of carbonyl (C=O) groups excluding carboxylic acids is 1. The first kappa shape index (κ1) is 36.9. The first-order valence-corrected chi connectivity index (χ1v) is 15.0. The third kappa shape index (κ3) is 8.83. The number of hydrogen-bond donors (Lipinski definition) is 3. The number of aliphatic carboxylic acids is 2. The summed E-state index contributed by atoms with van der Waals surface area (Å²) in [6, 6.07) is 5.20. The van der Waals surface area contributed by atoms with Crippen molar-refractivity contribution in [1.82, 2.24) is 4.90 Å². The number of nitrogens with one attached hydrogen (secondary N) is 1. The highest BCUT2D eigenvalue weighted by molar-refractivity contribution is 6.06. The molecule has 15 heteroatoms. The maximum absolute atomic E-state index is 15.5. The lowest BCUT2D eigenvalue weighted by Gasteiger charge is -2.29. The molecule has 0 unspecified atom stereocenters. The Labute approximate surface area is 269 Å². The molecule has 0 spiro atoms. The number of halogens is 4. The standard InChI is InChI=1S/C30H38FN3O6.C2HF3O2/c1-6-38-23-14-19-15-34(29(32)25(19)26(31)28(23)39-7-2)16-22(35)18-12-20(30(3,4)5)27(40-17-24(36)37)21(13-18)33-10-8-9-11-33;3-2(4,5)1(6)7/h12-14,32H,6-11,15-17H2,1-5H3,(H,36,37);(H,6,7). The zero-order chi connectivity index (χ0) is 35.3. The molecular formula is C32H39F4N3O8. The van der Waals surface area contributed by atoms with E-state index in [1.165, 1.54) is 0 Å². The van der Waals surface area contributed by atoms with Gasteiger partial charge in [-0.1, -0.05) is 20.8 Å². The first-order chi connectivity index (χ1) is 21.9. The topological polar surface area (TPSA) is 150 Å². The van der Waals surface area contributed by atoms with Crippen LogP contribution < -0.4 is 19.1 Å². The monoisotopic (exact) mass is 669 g/mol. The third-order valence-corrected chi connectivity index (χ3v) is 7.33. The molecule has 0 radical (unpaired) electrons. The molecule has 4 rings (SSSR count). The van der Waals surface area contributed by atoms with Crippen LogP contribution in [0.1, 0.15) is 74.5 Å². The van der Waals surface area contributed by atoms with E-state index in [0.29, 0.717) is 29.2 Å². The van der Waals surface area contributed by atoms with Crippen LogP contribution in [0.25, 0.3) is 0 Å². The quantitative estimate of drug-likeness (QED) is 0.203. The number of benzene rings is 2. The molecule has 1 saturated heterocycles. The number of alkyl halides is 3. The highest BCUT2D eigenvalue weighted by Gasteiger charge is 2.38. The molecule has 2 aliphatic rings. The molecule has 1 fully saturated rings. The van der Waals surface area contributed by atoms with Crippen molar-refractivity contribution in [3.63, 3.8) is 0 Å². The van der Waals surface area contributed by atoms with Crippen molar-refractivity contribution in [3.05, 3.63) is 46.3 Å². The minimum Gasteiger partial charge on any atom is -0.490 e. The van der Waals surface area contributed by atoms with Gasteiger partial charge < -0.3 is 34.2 Å². The highest BCUT2D eigenvalue weighted by atomic mass is 19.4. The Hall–Kier alpha value is -4.56. The van der Waals surface area contributed by atoms with Crippen molar-refractivity contribution < 1.29 is 56.4 Å². The second-order valence-electron chi connectivity index (χ2n) is 11.8.